The minimum atomic E-state index is -1.53. The average Bonchev–Trinajstić information content (AvgIpc) is 3.02. The monoisotopic (exact) mass is 629 g/mol. The van der Waals surface area contributed by atoms with Gasteiger partial charge >= 0.3 is 11.9 Å². The van der Waals surface area contributed by atoms with E-state index in [4.69, 9.17) is 9.47 Å². The van der Waals surface area contributed by atoms with E-state index in [1.807, 2.05) is 0 Å². The number of rotatable bonds is 34. The molecule has 7 nitrogen and oxygen atoms in total. The van der Waals surface area contributed by atoms with Gasteiger partial charge in [-0.1, -0.05) is 168 Å². The fraction of sp³-hybridized carbons (Fsp3) is 0.946. The second-order valence-electron chi connectivity index (χ2n) is 12.9. The standard InChI is InChI=1S/C37H72O7/c1-3-5-7-9-11-13-15-17-19-21-23-25-27-29-35(40)43-32-34(37(42)33(39)31-38)44-36(41)30-28-26-24-22-20-18-16-14-12-10-8-6-4-2/h33-34,37-39,42H,3-32H2,1-2H3/t33-,34-,37-/m1/s1. The summed E-state index contributed by atoms with van der Waals surface area (Å²) in [5.74, 6) is -0.897. The highest BCUT2D eigenvalue weighted by molar-refractivity contribution is 5.70. The molecule has 3 N–H and O–H groups in total. The van der Waals surface area contributed by atoms with Gasteiger partial charge in [0.2, 0.25) is 0 Å². The first-order valence-electron chi connectivity index (χ1n) is 18.8. The van der Waals surface area contributed by atoms with E-state index in [2.05, 4.69) is 13.8 Å². The topological polar surface area (TPSA) is 113 Å². The number of aliphatic hydroxyl groups is 3. The lowest BCUT2D eigenvalue weighted by atomic mass is 10.0. The van der Waals surface area contributed by atoms with Crippen LogP contribution in [0.5, 0.6) is 0 Å². The molecule has 3 atom stereocenters. The molecule has 0 fully saturated rings. The number of hydrogen-bond acceptors (Lipinski definition) is 7. The lowest BCUT2D eigenvalue weighted by Crippen LogP contribution is -2.44. The van der Waals surface area contributed by atoms with Gasteiger partial charge in [-0.2, -0.15) is 0 Å². The zero-order valence-corrected chi connectivity index (χ0v) is 28.9. The third kappa shape index (κ3) is 28.3. The van der Waals surface area contributed by atoms with Crippen LogP contribution in [-0.4, -0.2) is 58.8 Å². The van der Waals surface area contributed by atoms with Crippen molar-refractivity contribution in [2.75, 3.05) is 13.2 Å². The molecular weight excluding hydrogens is 556 g/mol. The molecule has 0 radical (unpaired) electrons. The summed E-state index contributed by atoms with van der Waals surface area (Å²) in [6.45, 7) is 3.48. The van der Waals surface area contributed by atoms with Crippen LogP contribution in [0.4, 0.5) is 0 Å². The van der Waals surface area contributed by atoms with Gasteiger partial charge in [-0.25, -0.2) is 0 Å². The van der Waals surface area contributed by atoms with Gasteiger partial charge in [0.1, 0.15) is 18.8 Å². The lowest BCUT2D eigenvalue weighted by molar-refractivity contribution is -0.173. The van der Waals surface area contributed by atoms with Crippen molar-refractivity contribution in [2.45, 2.75) is 212 Å². The molecule has 262 valence electrons. The second-order valence-corrected chi connectivity index (χ2v) is 12.9. The molecule has 0 aliphatic rings. The maximum absolute atomic E-state index is 12.4. The number of hydrogen-bond donors (Lipinski definition) is 3. The molecule has 0 heterocycles. The highest BCUT2D eigenvalue weighted by atomic mass is 16.6. The first kappa shape index (κ1) is 42.8. The van der Waals surface area contributed by atoms with E-state index >= 15 is 0 Å². The van der Waals surface area contributed by atoms with Gasteiger partial charge in [0.15, 0.2) is 6.10 Å². The molecule has 0 amide bonds. The summed E-state index contributed by atoms with van der Waals surface area (Å²) in [5.41, 5.74) is 0. The number of carbonyl (C=O) groups excluding carboxylic acids is 2. The molecule has 0 aliphatic carbocycles. The Morgan fingerprint density at radius 2 is 0.818 bits per heavy atom. The second kappa shape index (κ2) is 33.2. The highest BCUT2D eigenvalue weighted by Gasteiger charge is 2.30. The van der Waals surface area contributed by atoms with E-state index in [0.717, 1.165) is 32.1 Å². The third-order valence-electron chi connectivity index (χ3n) is 8.62. The van der Waals surface area contributed by atoms with Crippen molar-refractivity contribution in [1.29, 1.82) is 0 Å². The largest absolute Gasteiger partial charge is 0.462 e. The van der Waals surface area contributed by atoms with Crippen molar-refractivity contribution in [2.24, 2.45) is 0 Å². The Morgan fingerprint density at radius 1 is 0.500 bits per heavy atom. The lowest BCUT2D eigenvalue weighted by Gasteiger charge is -2.25. The maximum atomic E-state index is 12.4. The van der Waals surface area contributed by atoms with Gasteiger partial charge < -0.3 is 24.8 Å². The maximum Gasteiger partial charge on any atom is 0.306 e. The third-order valence-corrected chi connectivity index (χ3v) is 8.62. The van der Waals surface area contributed by atoms with E-state index in [1.54, 1.807) is 0 Å². The quantitative estimate of drug-likeness (QED) is 0.0481. The van der Waals surface area contributed by atoms with Crippen LogP contribution in [0.1, 0.15) is 194 Å². The molecule has 0 saturated heterocycles. The van der Waals surface area contributed by atoms with Gasteiger partial charge in [-0.3, -0.25) is 9.59 Å². The minimum Gasteiger partial charge on any atom is -0.462 e. The van der Waals surface area contributed by atoms with Crippen molar-refractivity contribution >= 4 is 11.9 Å². The van der Waals surface area contributed by atoms with Gasteiger partial charge in [-0.05, 0) is 12.8 Å². The molecule has 0 spiro atoms. The van der Waals surface area contributed by atoms with Crippen molar-refractivity contribution in [1.82, 2.24) is 0 Å². The average molecular weight is 629 g/mol. The van der Waals surface area contributed by atoms with Crippen LogP contribution in [-0.2, 0) is 19.1 Å². The first-order chi connectivity index (χ1) is 21.5. The number of unbranched alkanes of at least 4 members (excludes halogenated alkanes) is 24. The Balaban J connectivity index is 3.98. The summed E-state index contributed by atoms with van der Waals surface area (Å²) in [7, 11) is 0. The van der Waals surface area contributed by atoms with E-state index in [0.29, 0.717) is 6.42 Å². The van der Waals surface area contributed by atoms with Crippen LogP contribution in [0, 0.1) is 0 Å². The molecule has 0 aromatic carbocycles. The Morgan fingerprint density at radius 3 is 1.16 bits per heavy atom. The number of carbonyl (C=O) groups is 2. The normalized spacial score (nSPS) is 13.5. The Kier molecular flexibility index (Phi) is 32.3. The summed E-state index contributed by atoms with van der Waals surface area (Å²) >= 11 is 0. The molecule has 7 heteroatoms. The van der Waals surface area contributed by atoms with Crippen LogP contribution < -0.4 is 0 Å². The van der Waals surface area contributed by atoms with Crippen molar-refractivity contribution < 1.29 is 34.4 Å². The molecule has 44 heavy (non-hydrogen) atoms. The zero-order chi connectivity index (χ0) is 32.5. The minimum absolute atomic E-state index is 0.211. The number of aliphatic hydroxyl groups excluding tert-OH is 3. The SMILES string of the molecule is CCCCCCCCCCCCCCCC(=O)OC[C@@H](OC(=O)CCCCCCCCCCCCCCC)[C@H](O)[C@H](O)CO. The van der Waals surface area contributed by atoms with Crippen molar-refractivity contribution in [3.8, 4) is 0 Å². The molecule has 0 unspecified atom stereocenters. The van der Waals surface area contributed by atoms with Crippen LogP contribution in [0.25, 0.3) is 0 Å². The van der Waals surface area contributed by atoms with Gasteiger partial charge in [0.05, 0.1) is 6.61 Å². The summed E-state index contributed by atoms with van der Waals surface area (Å²) in [5, 5.41) is 29.5. The number of ether oxygens (including phenoxy) is 2. The Bertz CT molecular complexity index is 627. The van der Waals surface area contributed by atoms with E-state index in [1.165, 1.54) is 128 Å². The summed E-state index contributed by atoms with van der Waals surface area (Å²) < 4.78 is 10.7. The summed E-state index contributed by atoms with van der Waals surface area (Å²) in [6.07, 6.45) is 28.0. The summed E-state index contributed by atoms with van der Waals surface area (Å²) in [4.78, 5) is 24.7. The van der Waals surface area contributed by atoms with Crippen molar-refractivity contribution in [3.63, 3.8) is 0 Å². The molecule has 0 rings (SSSR count). The fourth-order valence-electron chi connectivity index (χ4n) is 5.61. The predicted molar refractivity (Wildman–Crippen MR) is 181 cm³/mol. The fourth-order valence-corrected chi connectivity index (χ4v) is 5.61. The molecule has 0 bridgehead atoms. The zero-order valence-electron chi connectivity index (χ0n) is 28.9. The van der Waals surface area contributed by atoms with Crippen LogP contribution in [0.3, 0.4) is 0 Å². The first-order valence-corrected chi connectivity index (χ1v) is 18.8. The van der Waals surface area contributed by atoms with Crippen LogP contribution in [0.15, 0.2) is 0 Å². The van der Waals surface area contributed by atoms with Crippen molar-refractivity contribution in [3.05, 3.63) is 0 Å². The molecular formula is C37H72O7. The van der Waals surface area contributed by atoms with Crippen LogP contribution in [0.2, 0.25) is 0 Å². The predicted octanol–water partition coefficient (Wildman–Crippen LogP) is 9.12. The van der Waals surface area contributed by atoms with E-state index < -0.39 is 36.9 Å². The molecule has 0 aliphatic heterocycles. The molecule has 0 saturated carbocycles. The number of esters is 2. The van der Waals surface area contributed by atoms with E-state index in [-0.39, 0.29) is 19.4 Å². The van der Waals surface area contributed by atoms with E-state index in [9.17, 15) is 24.9 Å². The highest BCUT2D eigenvalue weighted by Crippen LogP contribution is 2.16. The summed E-state index contributed by atoms with van der Waals surface area (Å²) in [6, 6.07) is 0. The van der Waals surface area contributed by atoms with Gasteiger partial charge in [-0.15, -0.1) is 0 Å². The van der Waals surface area contributed by atoms with Gasteiger partial charge in [0, 0.05) is 12.8 Å². The van der Waals surface area contributed by atoms with Gasteiger partial charge in [0.25, 0.3) is 0 Å². The molecule has 0 aromatic rings. The Labute approximate surface area is 271 Å². The Hall–Kier alpha value is -1.18. The molecule has 0 aromatic heterocycles. The van der Waals surface area contributed by atoms with Crippen LogP contribution >= 0.6 is 0 Å². The smallest absolute Gasteiger partial charge is 0.306 e.